The predicted octanol–water partition coefficient (Wildman–Crippen LogP) is 7.21. The molecule has 0 aromatic heterocycles. The molecule has 11 nitrogen and oxygen atoms in total. The van der Waals surface area contributed by atoms with Crippen LogP contribution in [-0.2, 0) is 32.7 Å². The maximum atomic E-state index is 12.1. The molecule has 270 valence electrons. The molecular formula is C36H56NO10P. The minimum atomic E-state index is -4.76. The summed E-state index contributed by atoms with van der Waals surface area (Å²) >= 11 is 0. The van der Waals surface area contributed by atoms with Crippen molar-refractivity contribution in [1.29, 1.82) is 0 Å². The molecule has 0 aliphatic carbocycles. The number of carbonyl (C=O) groups is 3. The van der Waals surface area contributed by atoms with Crippen LogP contribution in [0.4, 0.5) is 0 Å². The Labute approximate surface area is 286 Å². The van der Waals surface area contributed by atoms with Gasteiger partial charge in [-0.25, -0.2) is 9.36 Å². The molecule has 1 amide bonds. The number of hydrogen-bond acceptors (Lipinski definition) is 8. The number of rotatable bonds is 29. The SMILES string of the molecule is CC/C=C\C/C=C\C/C=C\C/C=C\C/C=C\C/C=C\C/C=C\CC(=O)NC(COP(=O)(O)OCC(O)COC(=O)CCCCC)C(=O)O. The standard InChI is InChI=1S/C36H56NO10P/c1-3-5-7-8-9-10-11-12-13-14-15-16-17-18-19-20-21-22-23-24-26-27-34(39)37-33(36(41)42)31-47-48(43,44)46-30-32(38)29-45-35(40)28-25-6-4-2/h5,7,9-10,12-13,15-16,18-19,21-22,24,26,32-33,38H,3-4,6,8,11,14,17,20,23,25,27-31H2,1-2H3,(H,37,39)(H,41,42)(H,43,44)/b7-5-,10-9-,13-12-,16-15-,19-18-,22-21-,26-24-. The second kappa shape index (κ2) is 31.0. The first-order valence-corrected chi connectivity index (χ1v) is 18.1. The maximum absolute atomic E-state index is 12.1. The molecule has 0 aliphatic rings. The number of carbonyl (C=O) groups excluding carboxylic acids is 2. The molecule has 3 atom stereocenters. The number of amides is 1. The minimum absolute atomic E-state index is 0.0942. The third-order valence-corrected chi connectivity index (χ3v) is 7.18. The number of aliphatic hydroxyl groups is 1. The van der Waals surface area contributed by atoms with E-state index in [1.807, 2.05) is 19.1 Å². The Morgan fingerprint density at radius 1 is 0.688 bits per heavy atom. The number of allylic oxidation sites excluding steroid dienone is 13. The van der Waals surface area contributed by atoms with Crippen molar-refractivity contribution in [2.45, 2.75) is 103 Å². The first kappa shape index (κ1) is 44.7. The number of nitrogens with one attached hydrogen (secondary N) is 1. The summed E-state index contributed by atoms with van der Waals surface area (Å²) in [5.41, 5.74) is 0. The fraction of sp³-hybridized carbons (Fsp3) is 0.528. The van der Waals surface area contributed by atoms with E-state index in [1.165, 1.54) is 0 Å². The van der Waals surface area contributed by atoms with E-state index in [0.717, 1.165) is 51.4 Å². The smallest absolute Gasteiger partial charge is 0.472 e. The highest BCUT2D eigenvalue weighted by molar-refractivity contribution is 7.47. The van der Waals surface area contributed by atoms with Crippen molar-refractivity contribution in [2.24, 2.45) is 0 Å². The van der Waals surface area contributed by atoms with Gasteiger partial charge in [-0.15, -0.1) is 0 Å². The predicted molar refractivity (Wildman–Crippen MR) is 189 cm³/mol. The van der Waals surface area contributed by atoms with Crippen LogP contribution in [0, 0.1) is 0 Å². The van der Waals surface area contributed by atoms with Crippen LogP contribution in [0.25, 0.3) is 0 Å². The van der Waals surface area contributed by atoms with Crippen LogP contribution >= 0.6 is 7.82 Å². The highest BCUT2D eigenvalue weighted by atomic mass is 31.2. The van der Waals surface area contributed by atoms with Crippen molar-refractivity contribution in [2.75, 3.05) is 19.8 Å². The zero-order chi connectivity index (χ0) is 35.7. The van der Waals surface area contributed by atoms with Gasteiger partial charge >= 0.3 is 19.8 Å². The summed E-state index contributed by atoms with van der Waals surface area (Å²) in [5.74, 6) is -2.59. The number of phosphoric acid groups is 1. The van der Waals surface area contributed by atoms with Gasteiger partial charge in [0.15, 0.2) is 6.04 Å². The third-order valence-electron chi connectivity index (χ3n) is 6.23. The molecule has 0 saturated carbocycles. The molecular weight excluding hydrogens is 637 g/mol. The van der Waals surface area contributed by atoms with Crippen LogP contribution in [0.3, 0.4) is 0 Å². The normalized spacial score (nSPS) is 15.1. The molecule has 0 saturated heterocycles. The lowest BCUT2D eigenvalue weighted by Gasteiger charge is -2.18. The zero-order valence-electron chi connectivity index (χ0n) is 28.5. The molecule has 0 bridgehead atoms. The van der Waals surface area contributed by atoms with E-state index < -0.39 is 57.6 Å². The molecule has 0 aromatic rings. The van der Waals surface area contributed by atoms with Crippen molar-refractivity contribution < 1.29 is 47.8 Å². The van der Waals surface area contributed by atoms with Crippen molar-refractivity contribution in [3.8, 4) is 0 Å². The van der Waals surface area contributed by atoms with E-state index in [4.69, 9.17) is 4.74 Å². The third kappa shape index (κ3) is 30.0. The van der Waals surface area contributed by atoms with E-state index in [0.29, 0.717) is 12.8 Å². The van der Waals surface area contributed by atoms with E-state index in [1.54, 1.807) is 12.2 Å². The van der Waals surface area contributed by atoms with E-state index >= 15 is 0 Å². The number of aliphatic carboxylic acids is 1. The van der Waals surface area contributed by atoms with E-state index in [2.05, 4.69) is 82.0 Å². The number of carboxylic acid groups (broad SMARTS) is 1. The topological polar surface area (TPSA) is 169 Å². The number of aliphatic hydroxyl groups excluding tert-OH is 1. The molecule has 0 heterocycles. The van der Waals surface area contributed by atoms with Gasteiger partial charge in [0.1, 0.15) is 12.7 Å². The van der Waals surface area contributed by atoms with Gasteiger partial charge in [-0.2, -0.15) is 0 Å². The van der Waals surface area contributed by atoms with Crippen molar-refractivity contribution in [3.05, 3.63) is 85.1 Å². The number of hydrogen-bond donors (Lipinski definition) is 4. The number of ether oxygens (including phenoxy) is 1. The number of esters is 1. The van der Waals surface area contributed by atoms with Crippen molar-refractivity contribution in [1.82, 2.24) is 5.32 Å². The van der Waals surface area contributed by atoms with Gasteiger partial charge in [0, 0.05) is 12.8 Å². The highest BCUT2D eigenvalue weighted by Crippen LogP contribution is 2.43. The molecule has 0 rings (SSSR count). The summed E-state index contributed by atoms with van der Waals surface area (Å²) in [6.45, 7) is 2.14. The summed E-state index contributed by atoms with van der Waals surface area (Å²) in [6, 6.07) is -1.60. The maximum Gasteiger partial charge on any atom is 0.472 e. The Morgan fingerprint density at radius 2 is 1.15 bits per heavy atom. The molecule has 0 fully saturated rings. The molecule has 0 radical (unpaired) electrons. The van der Waals surface area contributed by atoms with E-state index in [-0.39, 0.29) is 12.8 Å². The van der Waals surface area contributed by atoms with Crippen LogP contribution in [0.1, 0.15) is 90.9 Å². The summed E-state index contributed by atoms with van der Waals surface area (Å²) in [7, 11) is -4.76. The Bertz CT molecular complexity index is 1140. The van der Waals surface area contributed by atoms with Gasteiger partial charge in [0.25, 0.3) is 0 Å². The van der Waals surface area contributed by atoms with Crippen LogP contribution in [0.5, 0.6) is 0 Å². The monoisotopic (exact) mass is 693 g/mol. The van der Waals surface area contributed by atoms with Gasteiger partial charge in [-0.3, -0.25) is 18.6 Å². The Morgan fingerprint density at radius 3 is 1.60 bits per heavy atom. The molecule has 4 N–H and O–H groups in total. The first-order valence-electron chi connectivity index (χ1n) is 16.6. The Hall–Kier alpha value is -3.34. The molecule has 3 unspecified atom stereocenters. The molecule has 12 heteroatoms. The van der Waals surface area contributed by atoms with Gasteiger partial charge in [-0.1, -0.05) is 112 Å². The lowest BCUT2D eigenvalue weighted by Crippen LogP contribution is -2.43. The van der Waals surface area contributed by atoms with Gasteiger partial charge in [-0.05, 0) is 51.4 Å². The van der Waals surface area contributed by atoms with Crippen LogP contribution in [0.15, 0.2) is 85.1 Å². The number of phosphoric ester groups is 1. The summed E-state index contributed by atoms with van der Waals surface area (Å²) in [5, 5.41) is 21.4. The average molecular weight is 694 g/mol. The average Bonchev–Trinajstić information content (AvgIpc) is 3.05. The molecule has 48 heavy (non-hydrogen) atoms. The number of carboxylic acids is 1. The van der Waals surface area contributed by atoms with Crippen LogP contribution in [-0.4, -0.2) is 64.9 Å². The fourth-order valence-electron chi connectivity index (χ4n) is 3.63. The van der Waals surface area contributed by atoms with Gasteiger partial charge in [0.2, 0.25) is 5.91 Å². The second-order valence-electron chi connectivity index (χ2n) is 10.6. The Balaban J connectivity index is 4.17. The lowest BCUT2D eigenvalue weighted by molar-refractivity contribution is -0.147. The van der Waals surface area contributed by atoms with Crippen molar-refractivity contribution in [3.63, 3.8) is 0 Å². The van der Waals surface area contributed by atoms with Crippen LogP contribution in [0.2, 0.25) is 0 Å². The van der Waals surface area contributed by atoms with Crippen LogP contribution < -0.4 is 5.32 Å². The molecule has 0 spiro atoms. The first-order chi connectivity index (χ1) is 23.1. The molecule has 0 aromatic carbocycles. The second-order valence-corrected chi connectivity index (χ2v) is 12.1. The summed E-state index contributed by atoms with van der Waals surface area (Å²) in [4.78, 5) is 45.0. The quantitative estimate of drug-likeness (QED) is 0.0272. The summed E-state index contributed by atoms with van der Waals surface area (Å²) in [6.07, 6.45) is 36.1. The number of unbranched alkanes of at least 4 members (excludes halogenated alkanes) is 2. The van der Waals surface area contributed by atoms with Crippen molar-refractivity contribution >= 4 is 25.7 Å². The highest BCUT2D eigenvalue weighted by Gasteiger charge is 2.28. The lowest BCUT2D eigenvalue weighted by atomic mass is 10.2. The largest absolute Gasteiger partial charge is 0.480 e. The summed E-state index contributed by atoms with van der Waals surface area (Å²) < 4.78 is 26.3. The fourth-order valence-corrected chi connectivity index (χ4v) is 4.40. The van der Waals surface area contributed by atoms with E-state index in [9.17, 15) is 34.1 Å². The van der Waals surface area contributed by atoms with Gasteiger partial charge in [0.05, 0.1) is 13.2 Å². The minimum Gasteiger partial charge on any atom is -0.480 e. The molecule has 0 aliphatic heterocycles. The van der Waals surface area contributed by atoms with Gasteiger partial charge < -0.3 is 25.2 Å². The zero-order valence-corrected chi connectivity index (χ0v) is 29.4. The Kier molecular flexibility index (Phi) is 28.8.